The number of nitrogens with zero attached hydrogens (tertiary/aromatic N) is 3. The van der Waals surface area contributed by atoms with Gasteiger partial charge in [-0.15, -0.1) is 0 Å². The zero-order valence-corrected chi connectivity index (χ0v) is 16.4. The van der Waals surface area contributed by atoms with Crippen molar-refractivity contribution in [1.29, 1.82) is 0 Å². The number of carbonyl (C=O) groups is 1. The van der Waals surface area contributed by atoms with E-state index in [1.54, 1.807) is 30.8 Å². The Kier molecular flexibility index (Phi) is 5.47. The molecule has 0 unspecified atom stereocenters. The molecule has 3 rings (SSSR count). The number of amides is 1. The normalized spacial score (nSPS) is 10.8. The highest BCUT2D eigenvalue weighted by molar-refractivity contribution is 7.98. The number of hydrogen-bond acceptors (Lipinski definition) is 3. The molecule has 0 saturated carbocycles. The van der Waals surface area contributed by atoms with Crippen molar-refractivity contribution >= 4 is 17.7 Å². The molecule has 0 atom stereocenters. The summed E-state index contributed by atoms with van der Waals surface area (Å²) in [6.07, 6.45) is 3.83. The molecule has 0 saturated heterocycles. The van der Waals surface area contributed by atoms with Gasteiger partial charge in [0.2, 0.25) is 0 Å². The van der Waals surface area contributed by atoms with E-state index >= 15 is 0 Å². The van der Waals surface area contributed by atoms with E-state index in [4.69, 9.17) is 0 Å². The molecule has 0 N–H and O–H groups in total. The van der Waals surface area contributed by atoms with E-state index in [-0.39, 0.29) is 5.91 Å². The van der Waals surface area contributed by atoms with Crippen molar-refractivity contribution in [3.05, 3.63) is 77.1 Å². The summed E-state index contributed by atoms with van der Waals surface area (Å²) in [4.78, 5) is 18.3. The van der Waals surface area contributed by atoms with Gasteiger partial charge in [0.25, 0.3) is 5.91 Å². The minimum Gasteiger partial charge on any atom is -0.345 e. The molecule has 1 aromatic heterocycles. The van der Waals surface area contributed by atoms with Crippen LogP contribution in [0.1, 0.15) is 27.0 Å². The van der Waals surface area contributed by atoms with Gasteiger partial charge in [-0.2, -0.15) is 0 Å². The van der Waals surface area contributed by atoms with Gasteiger partial charge >= 0.3 is 0 Å². The van der Waals surface area contributed by atoms with Crippen molar-refractivity contribution in [3.63, 3.8) is 0 Å². The second-order valence-electron chi connectivity index (χ2n) is 6.56. The SMILES string of the molecule is Cc1ccc(C)c(-n2ccnc2SCc2cccc(C(=O)N(C)C)c2)c1. The lowest BCUT2D eigenvalue weighted by molar-refractivity contribution is 0.0827. The van der Waals surface area contributed by atoms with Crippen LogP contribution in [0, 0.1) is 13.8 Å². The topological polar surface area (TPSA) is 38.1 Å². The van der Waals surface area contributed by atoms with E-state index in [9.17, 15) is 4.79 Å². The summed E-state index contributed by atoms with van der Waals surface area (Å²) < 4.78 is 2.13. The molecule has 0 spiro atoms. The van der Waals surface area contributed by atoms with Gasteiger partial charge in [0, 0.05) is 37.8 Å². The van der Waals surface area contributed by atoms with Gasteiger partial charge < -0.3 is 4.90 Å². The summed E-state index contributed by atoms with van der Waals surface area (Å²) in [5.74, 6) is 0.782. The smallest absolute Gasteiger partial charge is 0.253 e. The standard InChI is InChI=1S/C21H23N3OS/c1-15-8-9-16(2)19(12-15)24-11-10-22-21(24)26-14-17-6-5-7-18(13-17)20(25)23(3)4/h5-13H,14H2,1-4H3. The second-order valence-corrected chi connectivity index (χ2v) is 7.50. The highest BCUT2D eigenvalue weighted by Crippen LogP contribution is 2.26. The molecule has 0 aliphatic carbocycles. The maximum atomic E-state index is 12.1. The van der Waals surface area contributed by atoms with Crippen LogP contribution in [0.3, 0.4) is 0 Å². The van der Waals surface area contributed by atoms with Crippen molar-refractivity contribution in [1.82, 2.24) is 14.5 Å². The summed E-state index contributed by atoms with van der Waals surface area (Å²) in [7, 11) is 3.54. The Morgan fingerprint density at radius 2 is 1.96 bits per heavy atom. The van der Waals surface area contributed by atoms with Crippen LogP contribution in [0.15, 0.2) is 60.0 Å². The van der Waals surface area contributed by atoms with Crippen molar-refractivity contribution in [2.45, 2.75) is 24.8 Å². The largest absolute Gasteiger partial charge is 0.345 e. The zero-order chi connectivity index (χ0) is 18.7. The fraction of sp³-hybridized carbons (Fsp3) is 0.238. The minimum atomic E-state index is 0.0220. The van der Waals surface area contributed by atoms with Gasteiger partial charge in [-0.05, 0) is 48.7 Å². The molecular formula is C21H23N3OS. The quantitative estimate of drug-likeness (QED) is 0.626. The van der Waals surface area contributed by atoms with Crippen molar-refractivity contribution < 1.29 is 4.79 Å². The molecule has 2 aromatic carbocycles. The Hall–Kier alpha value is -2.53. The predicted octanol–water partition coefficient (Wildman–Crippen LogP) is 4.48. The molecule has 1 heterocycles. The lowest BCUT2D eigenvalue weighted by Crippen LogP contribution is -2.21. The first-order valence-electron chi connectivity index (χ1n) is 8.50. The highest BCUT2D eigenvalue weighted by atomic mass is 32.2. The Morgan fingerprint density at radius 1 is 1.15 bits per heavy atom. The van der Waals surface area contributed by atoms with Crippen molar-refractivity contribution in [2.75, 3.05) is 14.1 Å². The summed E-state index contributed by atoms with van der Waals surface area (Å²) in [6, 6.07) is 14.2. The van der Waals surface area contributed by atoms with Gasteiger partial charge in [-0.25, -0.2) is 4.98 Å². The van der Waals surface area contributed by atoms with Crippen LogP contribution < -0.4 is 0 Å². The Bertz CT molecular complexity index is 931. The third-order valence-corrected chi connectivity index (χ3v) is 5.22. The molecule has 0 aliphatic rings. The number of carbonyl (C=O) groups excluding carboxylic acids is 1. The second kappa shape index (κ2) is 7.79. The Morgan fingerprint density at radius 3 is 2.73 bits per heavy atom. The van der Waals surface area contributed by atoms with Gasteiger partial charge in [-0.3, -0.25) is 9.36 Å². The van der Waals surface area contributed by atoms with Gasteiger partial charge in [-0.1, -0.05) is 36.0 Å². The number of imidazole rings is 1. The van der Waals surface area contributed by atoms with E-state index in [1.807, 2.05) is 36.7 Å². The van der Waals surface area contributed by atoms with Crippen LogP contribution in [0.2, 0.25) is 0 Å². The van der Waals surface area contributed by atoms with Gasteiger partial charge in [0.05, 0.1) is 5.69 Å². The molecule has 26 heavy (non-hydrogen) atoms. The van der Waals surface area contributed by atoms with Gasteiger partial charge in [0.15, 0.2) is 5.16 Å². The monoisotopic (exact) mass is 365 g/mol. The molecule has 1 amide bonds. The van der Waals surface area contributed by atoms with Crippen LogP contribution in [0.25, 0.3) is 5.69 Å². The average molecular weight is 366 g/mol. The molecule has 0 aliphatic heterocycles. The predicted molar refractivity (Wildman–Crippen MR) is 107 cm³/mol. The molecule has 3 aromatic rings. The number of thioether (sulfide) groups is 1. The first-order valence-corrected chi connectivity index (χ1v) is 9.48. The molecular weight excluding hydrogens is 342 g/mol. The summed E-state index contributed by atoms with van der Waals surface area (Å²) in [5, 5.41) is 0.947. The number of rotatable bonds is 5. The third-order valence-electron chi connectivity index (χ3n) is 4.18. The maximum Gasteiger partial charge on any atom is 0.253 e. The van der Waals surface area contributed by atoms with Crippen LogP contribution in [-0.4, -0.2) is 34.5 Å². The summed E-state index contributed by atoms with van der Waals surface area (Å²) in [6.45, 7) is 4.21. The first kappa shape index (κ1) is 18.3. The van der Waals surface area contributed by atoms with E-state index in [1.165, 1.54) is 11.1 Å². The Labute approximate surface area is 158 Å². The van der Waals surface area contributed by atoms with E-state index in [2.05, 4.69) is 41.6 Å². The van der Waals surface area contributed by atoms with Crippen LogP contribution in [-0.2, 0) is 5.75 Å². The van der Waals surface area contributed by atoms with Crippen molar-refractivity contribution in [3.8, 4) is 5.69 Å². The van der Waals surface area contributed by atoms with E-state index in [0.717, 1.165) is 22.2 Å². The zero-order valence-electron chi connectivity index (χ0n) is 15.6. The number of aryl methyl sites for hydroxylation is 2. The first-order chi connectivity index (χ1) is 12.5. The van der Waals surface area contributed by atoms with Crippen LogP contribution in [0.4, 0.5) is 0 Å². The average Bonchev–Trinajstić information content (AvgIpc) is 3.10. The third kappa shape index (κ3) is 3.99. The number of aromatic nitrogens is 2. The molecule has 4 nitrogen and oxygen atoms in total. The van der Waals surface area contributed by atoms with E-state index in [0.29, 0.717) is 5.56 Å². The van der Waals surface area contributed by atoms with Crippen molar-refractivity contribution in [2.24, 2.45) is 0 Å². The highest BCUT2D eigenvalue weighted by Gasteiger charge is 2.11. The lowest BCUT2D eigenvalue weighted by atomic mass is 10.1. The summed E-state index contributed by atoms with van der Waals surface area (Å²) >= 11 is 1.67. The van der Waals surface area contributed by atoms with Crippen LogP contribution in [0.5, 0.6) is 0 Å². The Balaban J connectivity index is 1.80. The molecule has 0 fully saturated rings. The fourth-order valence-electron chi connectivity index (χ4n) is 2.76. The van der Waals surface area contributed by atoms with Crippen LogP contribution >= 0.6 is 11.8 Å². The summed E-state index contributed by atoms with van der Waals surface area (Å²) in [5.41, 5.74) is 5.42. The molecule has 5 heteroatoms. The molecule has 0 radical (unpaired) electrons. The number of hydrogen-bond donors (Lipinski definition) is 0. The maximum absolute atomic E-state index is 12.1. The van der Waals surface area contributed by atoms with E-state index < -0.39 is 0 Å². The van der Waals surface area contributed by atoms with Gasteiger partial charge in [0.1, 0.15) is 0 Å². The lowest BCUT2D eigenvalue weighted by Gasteiger charge is -2.12. The molecule has 134 valence electrons. The molecule has 0 bridgehead atoms. The fourth-order valence-corrected chi connectivity index (χ4v) is 3.67. The minimum absolute atomic E-state index is 0.0220. The number of benzene rings is 2.